The first-order valence-corrected chi connectivity index (χ1v) is 9.36. The topological polar surface area (TPSA) is 75.1 Å². The van der Waals surface area contributed by atoms with Gasteiger partial charge in [-0.2, -0.15) is 0 Å². The Bertz CT molecular complexity index is 899. The first-order chi connectivity index (χ1) is 11.5. The summed E-state index contributed by atoms with van der Waals surface area (Å²) in [6, 6.07) is 8.76. The van der Waals surface area contributed by atoms with Crippen LogP contribution in [0.1, 0.15) is 16.1 Å². The van der Waals surface area contributed by atoms with Crippen molar-refractivity contribution in [3.63, 3.8) is 0 Å². The number of carboxylic acids is 1. The van der Waals surface area contributed by atoms with Crippen LogP contribution in [-0.2, 0) is 0 Å². The summed E-state index contributed by atoms with van der Waals surface area (Å²) in [5, 5.41) is 15.1. The van der Waals surface area contributed by atoms with Crippen LogP contribution < -0.4 is 5.32 Å². The molecule has 3 rings (SSSR count). The van der Waals surface area contributed by atoms with Crippen molar-refractivity contribution in [1.29, 1.82) is 0 Å². The van der Waals surface area contributed by atoms with Crippen LogP contribution in [0.15, 0.2) is 56.2 Å². The molecule has 8 heteroatoms. The van der Waals surface area contributed by atoms with Gasteiger partial charge in [0.15, 0.2) is 5.13 Å². The van der Waals surface area contributed by atoms with Gasteiger partial charge in [-0.15, -0.1) is 11.3 Å². The van der Waals surface area contributed by atoms with Crippen LogP contribution in [0.2, 0.25) is 0 Å². The number of aromatic nitrogens is 2. The zero-order valence-electron chi connectivity index (χ0n) is 12.5. The van der Waals surface area contributed by atoms with Gasteiger partial charge in [0, 0.05) is 20.9 Å². The standard InChI is InChI=1S/C16H12BrN3O2S2/c1-9-8-23-16(19-9)20-14-13(6-11(17)7-18-14)24-12-4-2-3-10(5-12)15(21)22/h2-8H,1H3,(H,21,22)(H,18,19,20). The molecule has 24 heavy (non-hydrogen) atoms. The second-order valence-electron chi connectivity index (χ2n) is 4.85. The third kappa shape index (κ3) is 4.14. The van der Waals surface area contributed by atoms with Crippen LogP contribution in [0, 0.1) is 6.92 Å². The lowest BCUT2D eigenvalue weighted by Gasteiger charge is -2.10. The van der Waals surface area contributed by atoms with Gasteiger partial charge in [-0.05, 0) is 47.1 Å². The lowest BCUT2D eigenvalue weighted by molar-refractivity contribution is 0.0696. The molecule has 0 unspecified atom stereocenters. The largest absolute Gasteiger partial charge is 0.478 e. The molecule has 0 bridgehead atoms. The Balaban J connectivity index is 1.90. The molecule has 0 amide bonds. The van der Waals surface area contributed by atoms with Gasteiger partial charge >= 0.3 is 5.97 Å². The molecule has 0 fully saturated rings. The number of rotatable bonds is 5. The van der Waals surface area contributed by atoms with E-state index in [0.717, 1.165) is 25.1 Å². The van der Waals surface area contributed by atoms with Gasteiger partial charge in [0.1, 0.15) is 5.82 Å². The molecule has 0 spiro atoms. The molecule has 122 valence electrons. The van der Waals surface area contributed by atoms with Gasteiger partial charge < -0.3 is 10.4 Å². The predicted molar refractivity (Wildman–Crippen MR) is 99.6 cm³/mol. The maximum Gasteiger partial charge on any atom is 0.335 e. The quantitative estimate of drug-likeness (QED) is 0.589. The fraction of sp³-hybridized carbons (Fsp3) is 0.0625. The first-order valence-electron chi connectivity index (χ1n) is 6.87. The second-order valence-corrected chi connectivity index (χ2v) is 7.74. The number of carboxylic acid groups (broad SMARTS) is 1. The fourth-order valence-corrected chi connectivity index (χ4v) is 4.07. The van der Waals surface area contributed by atoms with Gasteiger partial charge in [-0.3, -0.25) is 0 Å². The van der Waals surface area contributed by atoms with E-state index in [1.165, 1.54) is 23.1 Å². The number of anilines is 2. The molecule has 0 atom stereocenters. The van der Waals surface area contributed by atoms with Gasteiger partial charge in [-0.1, -0.05) is 17.8 Å². The van der Waals surface area contributed by atoms with Crippen LogP contribution in [0.4, 0.5) is 10.9 Å². The van der Waals surface area contributed by atoms with Crippen molar-refractivity contribution in [2.24, 2.45) is 0 Å². The number of aromatic carboxylic acids is 1. The van der Waals surface area contributed by atoms with Gasteiger partial charge in [-0.25, -0.2) is 14.8 Å². The van der Waals surface area contributed by atoms with Gasteiger partial charge in [0.25, 0.3) is 0 Å². The smallest absolute Gasteiger partial charge is 0.335 e. The van der Waals surface area contributed by atoms with E-state index in [0.29, 0.717) is 5.82 Å². The SMILES string of the molecule is Cc1csc(Nc2ncc(Br)cc2Sc2cccc(C(=O)O)c2)n1. The van der Waals surface area contributed by atoms with Crippen molar-refractivity contribution in [3.05, 3.63) is 57.6 Å². The van der Waals surface area contributed by atoms with Crippen molar-refractivity contribution in [2.75, 3.05) is 5.32 Å². The number of halogens is 1. The van der Waals surface area contributed by atoms with Crippen molar-refractivity contribution in [1.82, 2.24) is 9.97 Å². The molecule has 0 aliphatic carbocycles. The molecule has 0 saturated heterocycles. The number of carbonyl (C=O) groups is 1. The maximum atomic E-state index is 11.1. The van der Waals surface area contributed by atoms with E-state index in [1.807, 2.05) is 24.4 Å². The highest BCUT2D eigenvalue weighted by Crippen LogP contribution is 2.36. The zero-order valence-corrected chi connectivity index (χ0v) is 15.7. The average molecular weight is 422 g/mol. The lowest BCUT2D eigenvalue weighted by atomic mass is 10.2. The Kier molecular flexibility index (Phi) is 5.17. The summed E-state index contributed by atoms with van der Waals surface area (Å²) in [6.45, 7) is 1.93. The van der Waals surface area contributed by atoms with Crippen LogP contribution in [-0.4, -0.2) is 21.0 Å². The molecule has 1 aromatic carbocycles. The molecule has 0 radical (unpaired) electrons. The minimum atomic E-state index is -0.943. The minimum Gasteiger partial charge on any atom is -0.478 e. The number of nitrogens with zero attached hydrogens (tertiary/aromatic N) is 2. The van der Waals surface area contributed by atoms with E-state index in [1.54, 1.807) is 24.4 Å². The summed E-state index contributed by atoms with van der Waals surface area (Å²) in [5.74, 6) is -0.264. The number of hydrogen-bond donors (Lipinski definition) is 2. The fourth-order valence-electron chi connectivity index (χ4n) is 1.92. The first kappa shape index (κ1) is 16.9. The van der Waals surface area contributed by atoms with Crippen molar-refractivity contribution >= 4 is 55.9 Å². The third-order valence-electron chi connectivity index (χ3n) is 2.97. The predicted octanol–water partition coefficient (Wildman–Crippen LogP) is 5.20. The molecule has 5 nitrogen and oxygen atoms in total. The number of aryl methyl sites for hydroxylation is 1. The molecule has 2 aromatic heterocycles. The number of thiazole rings is 1. The maximum absolute atomic E-state index is 11.1. The van der Waals surface area contributed by atoms with Crippen LogP contribution in [0.25, 0.3) is 0 Å². The van der Waals surface area contributed by atoms with E-state index in [2.05, 4.69) is 31.2 Å². The van der Waals surface area contributed by atoms with E-state index in [4.69, 9.17) is 5.11 Å². The summed E-state index contributed by atoms with van der Waals surface area (Å²) in [4.78, 5) is 21.6. The summed E-state index contributed by atoms with van der Waals surface area (Å²) in [5.41, 5.74) is 1.20. The molecular weight excluding hydrogens is 410 g/mol. The number of pyridine rings is 1. The van der Waals surface area contributed by atoms with E-state index < -0.39 is 5.97 Å². The molecule has 0 aliphatic heterocycles. The lowest BCUT2D eigenvalue weighted by Crippen LogP contribution is -1.97. The summed E-state index contributed by atoms with van der Waals surface area (Å²) in [6.07, 6.45) is 1.71. The van der Waals surface area contributed by atoms with E-state index >= 15 is 0 Å². The Morgan fingerprint density at radius 3 is 2.92 bits per heavy atom. The van der Waals surface area contributed by atoms with Crippen LogP contribution in [0.3, 0.4) is 0 Å². The Labute approximate surface area is 155 Å². The van der Waals surface area contributed by atoms with Crippen LogP contribution in [0.5, 0.6) is 0 Å². The summed E-state index contributed by atoms with van der Waals surface area (Å²) < 4.78 is 0.847. The molecule has 0 saturated carbocycles. The normalized spacial score (nSPS) is 10.6. The highest BCUT2D eigenvalue weighted by Gasteiger charge is 2.11. The molecular formula is C16H12BrN3O2S2. The summed E-state index contributed by atoms with van der Waals surface area (Å²) in [7, 11) is 0. The Morgan fingerprint density at radius 2 is 2.21 bits per heavy atom. The molecule has 0 aliphatic rings. The number of nitrogens with one attached hydrogen (secondary N) is 1. The second kappa shape index (κ2) is 7.33. The molecule has 3 aromatic rings. The highest BCUT2D eigenvalue weighted by molar-refractivity contribution is 9.10. The van der Waals surface area contributed by atoms with Crippen molar-refractivity contribution in [3.8, 4) is 0 Å². The van der Waals surface area contributed by atoms with Gasteiger partial charge in [0.2, 0.25) is 0 Å². The Morgan fingerprint density at radius 1 is 1.38 bits per heavy atom. The van der Waals surface area contributed by atoms with Gasteiger partial charge in [0.05, 0.1) is 16.2 Å². The molecule has 2 heterocycles. The minimum absolute atomic E-state index is 0.257. The Hall–Kier alpha value is -1.90. The monoisotopic (exact) mass is 421 g/mol. The highest BCUT2D eigenvalue weighted by atomic mass is 79.9. The number of hydrogen-bond acceptors (Lipinski definition) is 6. The summed E-state index contributed by atoms with van der Waals surface area (Å²) >= 11 is 6.38. The van der Waals surface area contributed by atoms with E-state index in [9.17, 15) is 4.79 Å². The average Bonchev–Trinajstić information content (AvgIpc) is 2.95. The zero-order chi connectivity index (χ0) is 17.1. The third-order valence-corrected chi connectivity index (χ3v) is 5.30. The molecule has 2 N–H and O–H groups in total. The van der Waals surface area contributed by atoms with Crippen molar-refractivity contribution in [2.45, 2.75) is 16.7 Å². The van der Waals surface area contributed by atoms with Crippen molar-refractivity contribution < 1.29 is 9.90 Å². The van der Waals surface area contributed by atoms with E-state index in [-0.39, 0.29) is 5.56 Å². The number of benzene rings is 1. The van der Waals surface area contributed by atoms with Crippen LogP contribution >= 0.6 is 39.0 Å².